The molecule has 0 aromatic heterocycles. The molecule has 1 aliphatic heterocycles. The molecule has 1 aromatic carbocycles. The number of piperazine rings is 1. The van der Waals surface area contributed by atoms with Crippen LogP contribution in [-0.4, -0.2) is 74.2 Å². The van der Waals surface area contributed by atoms with Crippen molar-refractivity contribution in [2.45, 2.75) is 51.3 Å². The first kappa shape index (κ1) is 25.7. The molecule has 0 spiro atoms. The molecule has 0 N–H and O–H groups in total. The van der Waals surface area contributed by atoms with E-state index in [4.69, 9.17) is 11.6 Å². The molecule has 4 aliphatic rings. The van der Waals surface area contributed by atoms with Crippen molar-refractivity contribution in [1.29, 1.82) is 0 Å². The predicted molar refractivity (Wildman–Crippen MR) is 136 cm³/mol. The Hall–Kier alpha value is -1.41. The van der Waals surface area contributed by atoms with Crippen molar-refractivity contribution in [2.24, 2.45) is 17.3 Å². The van der Waals surface area contributed by atoms with Gasteiger partial charge in [-0.25, -0.2) is 8.42 Å². The summed E-state index contributed by atoms with van der Waals surface area (Å²) in [6, 6.07) is 6.35. The fraction of sp³-hybridized carbons (Fsp3) is 0.654. The zero-order chi connectivity index (χ0) is 24.5. The topological polar surface area (TPSA) is 60.9 Å². The number of halogens is 1. The van der Waals surface area contributed by atoms with E-state index in [0.717, 1.165) is 31.8 Å². The smallest absolute Gasteiger partial charge is 0.243 e. The van der Waals surface area contributed by atoms with Crippen molar-refractivity contribution < 1.29 is 13.2 Å². The van der Waals surface area contributed by atoms with Crippen LogP contribution in [-0.2, 0) is 14.8 Å². The molecule has 188 valence electrons. The first-order valence-corrected chi connectivity index (χ1v) is 14.4. The Morgan fingerprint density at radius 1 is 1.15 bits per heavy atom. The van der Waals surface area contributed by atoms with Gasteiger partial charge in [0.2, 0.25) is 15.9 Å². The Kier molecular flexibility index (Phi) is 7.77. The highest BCUT2D eigenvalue weighted by Gasteiger charge is 2.51. The molecule has 0 radical (unpaired) electrons. The van der Waals surface area contributed by atoms with Gasteiger partial charge in [-0.05, 0) is 60.8 Å². The van der Waals surface area contributed by atoms with Gasteiger partial charge in [-0.1, -0.05) is 44.0 Å². The van der Waals surface area contributed by atoms with Crippen LogP contribution in [0.1, 0.15) is 46.5 Å². The highest BCUT2D eigenvalue weighted by Crippen LogP contribution is 2.59. The maximum atomic E-state index is 12.9. The Morgan fingerprint density at radius 3 is 2.41 bits per heavy atom. The van der Waals surface area contributed by atoms with Crippen molar-refractivity contribution in [3.05, 3.63) is 40.9 Å². The van der Waals surface area contributed by atoms with Crippen LogP contribution in [0.2, 0.25) is 5.02 Å². The van der Waals surface area contributed by atoms with Gasteiger partial charge in [0, 0.05) is 57.3 Å². The number of carbonyl (C=O) groups is 1. The average molecular weight is 508 g/mol. The normalized spacial score (nSPS) is 24.9. The second-order valence-corrected chi connectivity index (χ2v) is 13.0. The minimum absolute atomic E-state index is 0.228. The lowest BCUT2D eigenvalue weighted by Crippen LogP contribution is -2.52. The van der Waals surface area contributed by atoms with Gasteiger partial charge in [0.05, 0.1) is 4.90 Å². The molecule has 1 saturated carbocycles. The van der Waals surface area contributed by atoms with Gasteiger partial charge in [-0.3, -0.25) is 9.69 Å². The Labute approximate surface area is 210 Å². The lowest BCUT2D eigenvalue weighted by molar-refractivity contribution is -0.131. The second-order valence-electron chi connectivity index (χ2n) is 10.6. The van der Waals surface area contributed by atoms with E-state index in [1.54, 1.807) is 28.6 Å². The molecule has 1 aromatic rings. The van der Waals surface area contributed by atoms with E-state index in [1.807, 2.05) is 4.90 Å². The van der Waals surface area contributed by atoms with Crippen LogP contribution < -0.4 is 0 Å². The number of fused-ring (bicyclic) bond motifs is 1. The number of carbonyl (C=O) groups excluding carboxylic acids is 1. The molecule has 1 saturated heterocycles. The number of hydrogen-bond acceptors (Lipinski definition) is 4. The van der Waals surface area contributed by atoms with Crippen LogP contribution in [0, 0.1) is 17.3 Å². The summed E-state index contributed by atoms with van der Waals surface area (Å²) < 4.78 is 27.4. The summed E-state index contributed by atoms with van der Waals surface area (Å²) in [5, 5.41) is 0.524. The number of sulfonamides is 1. The summed E-state index contributed by atoms with van der Waals surface area (Å²) in [5.74, 6) is 1.62. The molecular weight excluding hydrogens is 470 g/mol. The van der Waals surface area contributed by atoms with Gasteiger partial charge in [-0.2, -0.15) is 4.31 Å². The van der Waals surface area contributed by atoms with E-state index in [0.29, 0.717) is 55.5 Å². The average Bonchev–Trinajstić information content (AvgIpc) is 2.82. The number of hydrogen-bond donors (Lipinski definition) is 0. The summed E-state index contributed by atoms with van der Waals surface area (Å²) in [4.78, 5) is 17.5. The summed E-state index contributed by atoms with van der Waals surface area (Å²) in [5.41, 5.74) is 1.80. The molecule has 3 aliphatic carbocycles. The van der Waals surface area contributed by atoms with E-state index in [9.17, 15) is 13.2 Å². The lowest BCUT2D eigenvalue weighted by Gasteiger charge is -2.57. The molecule has 6 nitrogen and oxygen atoms in total. The van der Waals surface area contributed by atoms with E-state index in [2.05, 4.69) is 31.7 Å². The molecule has 8 heteroatoms. The summed E-state index contributed by atoms with van der Waals surface area (Å²) in [7, 11) is -3.51. The van der Waals surface area contributed by atoms with Gasteiger partial charge in [0.25, 0.3) is 0 Å². The zero-order valence-corrected chi connectivity index (χ0v) is 22.2. The number of nitrogens with zero attached hydrogens (tertiary/aromatic N) is 3. The first-order valence-electron chi connectivity index (χ1n) is 12.6. The Balaban J connectivity index is 1.32. The molecule has 5 rings (SSSR count). The SMILES string of the molecule is CCCC(=O)N(CCN1CCN(S(=O)(=O)c2ccc(Cl)cc2)CC1)CC1=CCC2CC1C2(C)C. The molecule has 2 unspecified atom stereocenters. The lowest BCUT2D eigenvalue weighted by atomic mass is 9.49. The molecule has 1 amide bonds. The van der Waals surface area contributed by atoms with Gasteiger partial charge in [0.1, 0.15) is 0 Å². The Morgan fingerprint density at radius 2 is 1.82 bits per heavy atom. The van der Waals surface area contributed by atoms with Crippen LogP contribution in [0.4, 0.5) is 0 Å². The molecule has 2 bridgehead atoms. The van der Waals surface area contributed by atoms with Crippen LogP contribution in [0.25, 0.3) is 0 Å². The van der Waals surface area contributed by atoms with Gasteiger partial charge in [-0.15, -0.1) is 0 Å². The molecule has 34 heavy (non-hydrogen) atoms. The third kappa shape index (κ3) is 5.23. The Bertz CT molecular complexity index is 1010. The predicted octanol–water partition coefficient (Wildman–Crippen LogP) is 4.27. The highest BCUT2D eigenvalue weighted by molar-refractivity contribution is 7.89. The third-order valence-electron chi connectivity index (χ3n) is 8.24. The number of benzene rings is 1. The van der Waals surface area contributed by atoms with Crippen molar-refractivity contribution in [3.63, 3.8) is 0 Å². The minimum atomic E-state index is -3.51. The monoisotopic (exact) mass is 507 g/mol. The first-order chi connectivity index (χ1) is 16.1. The fourth-order valence-corrected chi connectivity index (χ4v) is 7.30. The van der Waals surface area contributed by atoms with Gasteiger partial charge >= 0.3 is 0 Å². The van der Waals surface area contributed by atoms with Crippen LogP contribution in [0.3, 0.4) is 0 Å². The number of amides is 1. The van der Waals surface area contributed by atoms with Crippen molar-refractivity contribution in [3.8, 4) is 0 Å². The molecule has 2 fully saturated rings. The summed E-state index contributed by atoms with van der Waals surface area (Å²) in [6.07, 6.45) is 6.22. The second kappa shape index (κ2) is 10.3. The quantitative estimate of drug-likeness (QED) is 0.468. The van der Waals surface area contributed by atoms with E-state index >= 15 is 0 Å². The van der Waals surface area contributed by atoms with Crippen molar-refractivity contribution in [2.75, 3.05) is 45.8 Å². The zero-order valence-electron chi connectivity index (χ0n) is 20.7. The summed E-state index contributed by atoms with van der Waals surface area (Å²) in [6.45, 7) is 11.2. The van der Waals surface area contributed by atoms with Gasteiger partial charge in [0.15, 0.2) is 0 Å². The molecule has 2 atom stereocenters. The summed E-state index contributed by atoms with van der Waals surface area (Å²) >= 11 is 5.91. The number of rotatable bonds is 9. The fourth-order valence-electron chi connectivity index (χ4n) is 5.75. The van der Waals surface area contributed by atoms with E-state index in [1.165, 1.54) is 12.0 Å². The highest BCUT2D eigenvalue weighted by atomic mass is 35.5. The third-order valence-corrected chi connectivity index (χ3v) is 10.4. The van der Waals surface area contributed by atoms with E-state index in [-0.39, 0.29) is 10.8 Å². The van der Waals surface area contributed by atoms with Crippen LogP contribution in [0.15, 0.2) is 40.8 Å². The molecular formula is C26H38ClN3O3S. The molecule has 1 heterocycles. The van der Waals surface area contributed by atoms with Crippen molar-refractivity contribution >= 4 is 27.5 Å². The minimum Gasteiger partial charge on any atom is -0.337 e. The van der Waals surface area contributed by atoms with Gasteiger partial charge < -0.3 is 4.90 Å². The maximum absolute atomic E-state index is 12.9. The van der Waals surface area contributed by atoms with Crippen molar-refractivity contribution in [1.82, 2.24) is 14.1 Å². The van der Waals surface area contributed by atoms with E-state index < -0.39 is 10.0 Å². The van der Waals surface area contributed by atoms with Crippen LogP contribution in [0.5, 0.6) is 0 Å². The number of allylic oxidation sites excluding steroid dienone is 1. The largest absolute Gasteiger partial charge is 0.337 e. The van der Waals surface area contributed by atoms with Crippen LogP contribution >= 0.6 is 11.6 Å². The standard InChI is InChI=1S/C26H38ClN3O3S/c1-4-5-25(31)29(19-20-6-7-21-18-24(20)26(21,2)3)15-12-28-13-16-30(17-14-28)34(32,33)23-10-8-22(27)9-11-23/h6,8-11,21,24H,4-5,7,12-19H2,1-3H3. The maximum Gasteiger partial charge on any atom is 0.243 e.